The molecule has 2 unspecified atom stereocenters. The summed E-state index contributed by atoms with van der Waals surface area (Å²) >= 11 is 0. The predicted octanol–water partition coefficient (Wildman–Crippen LogP) is 1.26. The van der Waals surface area contributed by atoms with Crippen molar-refractivity contribution in [2.75, 3.05) is 6.54 Å². The van der Waals surface area contributed by atoms with Crippen LogP contribution in [0.3, 0.4) is 0 Å². The molecule has 3 rings (SSSR count). The van der Waals surface area contributed by atoms with Gasteiger partial charge in [-0.2, -0.15) is 0 Å². The molecule has 0 heterocycles. The maximum atomic E-state index is 13.1. The Hall–Kier alpha value is -2.11. The fraction of sp³-hybridized carbons (Fsp3) is 0.467. The number of rotatable bonds is 5. The van der Waals surface area contributed by atoms with E-state index in [0.29, 0.717) is 0 Å². The first-order valence-electron chi connectivity index (χ1n) is 7.21. The van der Waals surface area contributed by atoms with Crippen molar-refractivity contribution in [3.05, 3.63) is 35.6 Å². The molecule has 2 atom stereocenters. The van der Waals surface area contributed by atoms with E-state index in [-0.39, 0.29) is 42.3 Å². The van der Waals surface area contributed by atoms with Gasteiger partial charge in [0.2, 0.25) is 5.91 Å². The Morgan fingerprint density at radius 3 is 2.76 bits per heavy atom. The Kier molecular flexibility index (Phi) is 3.77. The number of hydrogen-bond acceptors (Lipinski definition) is 2. The van der Waals surface area contributed by atoms with Crippen LogP contribution in [0.4, 0.5) is 9.18 Å². The molecule has 112 valence electrons. The fourth-order valence-corrected chi connectivity index (χ4v) is 2.34. The number of halogens is 1. The highest BCUT2D eigenvalue weighted by atomic mass is 19.1. The van der Waals surface area contributed by atoms with E-state index in [4.69, 9.17) is 0 Å². The zero-order chi connectivity index (χ0) is 14.8. The maximum absolute atomic E-state index is 13.1. The predicted molar refractivity (Wildman–Crippen MR) is 75.2 cm³/mol. The SMILES string of the molecule is O=C(CNC(=O)NC1CC1)NC1CC1c1cccc(F)c1. The summed E-state index contributed by atoms with van der Waals surface area (Å²) in [5.74, 6) is -0.308. The van der Waals surface area contributed by atoms with Gasteiger partial charge in [-0.3, -0.25) is 4.79 Å². The van der Waals surface area contributed by atoms with Gasteiger partial charge in [0.25, 0.3) is 0 Å². The standard InChI is InChI=1S/C15H18FN3O2/c16-10-3-1-2-9(6-10)12-7-13(12)19-14(20)8-17-15(21)18-11-4-5-11/h1-3,6,11-13H,4-5,7-8H2,(H,19,20)(H2,17,18,21). The van der Waals surface area contributed by atoms with E-state index < -0.39 is 0 Å². The molecular formula is C15H18FN3O2. The zero-order valence-electron chi connectivity index (χ0n) is 11.6. The average Bonchev–Trinajstić information content (AvgIpc) is 3.33. The summed E-state index contributed by atoms with van der Waals surface area (Å²) < 4.78 is 13.1. The minimum absolute atomic E-state index is 0.0348. The Labute approximate surface area is 122 Å². The number of nitrogens with one attached hydrogen (secondary N) is 3. The van der Waals surface area contributed by atoms with Crippen LogP contribution >= 0.6 is 0 Å². The maximum Gasteiger partial charge on any atom is 0.315 e. The molecule has 2 saturated carbocycles. The lowest BCUT2D eigenvalue weighted by molar-refractivity contribution is -0.120. The second kappa shape index (κ2) is 5.71. The van der Waals surface area contributed by atoms with Gasteiger partial charge < -0.3 is 16.0 Å². The van der Waals surface area contributed by atoms with Gasteiger partial charge in [0.05, 0.1) is 6.54 Å². The monoisotopic (exact) mass is 291 g/mol. The third-order valence-corrected chi connectivity index (χ3v) is 3.74. The van der Waals surface area contributed by atoms with E-state index in [0.717, 1.165) is 24.8 Å². The van der Waals surface area contributed by atoms with Gasteiger partial charge in [-0.05, 0) is 37.0 Å². The van der Waals surface area contributed by atoms with Crippen molar-refractivity contribution in [1.29, 1.82) is 0 Å². The summed E-state index contributed by atoms with van der Waals surface area (Å²) in [5, 5.41) is 8.12. The highest BCUT2D eigenvalue weighted by molar-refractivity contribution is 5.84. The molecule has 2 aliphatic carbocycles. The summed E-state index contributed by atoms with van der Waals surface area (Å²) in [6.45, 7) is -0.0368. The van der Waals surface area contributed by atoms with Gasteiger partial charge in [0.1, 0.15) is 5.82 Å². The first kappa shape index (κ1) is 13.9. The van der Waals surface area contributed by atoms with Crippen molar-refractivity contribution in [2.24, 2.45) is 0 Å². The molecule has 5 nitrogen and oxygen atoms in total. The lowest BCUT2D eigenvalue weighted by Crippen LogP contribution is -2.43. The normalized spacial score (nSPS) is 23.3. The highest BCUT2D eigenvalue weighted by Crippen LogP contribution is 2.40. The number of benzene rings is 1. The minimum Gasteiger partial charge on any atom is -0.351 e. The molecule has 2 fully saturated rings. The Morgan fingerprint density at radius 2 is 2.05 bits per heavy atom. The number of hydrogen-bond donors (Lipinski definition) is 3. The van der Waals surface area contributed by atoms with Crippen molar-refractivity contribution in [3.63, 3.8) is 0 Å². The zero-order valence-corrected chi connectivity index (χ0v) is 11.6. The van der Waals surface area contributed by atoms with Crippen molar-refractivity contribution in [1.82, 2.24) is 16.0 Å². The summed E-state index contributed by atoms with van der Waals surface area (Å²) in [6, 6.07) is 6.44. The van der Waals surface area contributed by atoms with Crippen LogP contribution in [0.25, 0.3) is 0 Å². The number of carbonyl (C=O) groups is 2. The van der Waals surface area contributed by atoms with Crippen LogP contribution in [0.1, 0.15) is 30.7 Å². The summed E-state index contributed by atoms with van der Waals surface area (Å²) in [6.07, 6.45) is 2.83. The lowest BCUT2D eigenvalue weighted by Gasteiger charge is -2.07. The van der Waals surface area contributed by atoms with Gasteiger partial charge in [-0.25, -0.2) is 9.18 Å². The number of carbonyl (C=O) groups excluding carboxylic acids is 2. The van der Waals surface area contributed by atoms with E-state index in [1.807, 2.05) is 6.07 Å². The molecule has 0 aromatic heterocycles. The van der Waals surface area contributed by atoms with E-state index in [1.165, 1.54) is 12.1 Å². The van der Waals surface area contributed by atoms with Crippen LogP contribution in [0.5, 0.6) is 0 Å². The van der Waals surface area contributed by atoms with Crippen LogP contribution < -0.4 is 16.0 Å². The lowest BCUT2D eigenvalue weighted by atomic mass is 10.1. The van der Waals surface area contributed by atoms with Gasteiger partial charge in [-0.1, -0.05) is 12.1 Å². The molecule has 0 radical (unpaired) electrons. The van der Waals surface area contributed by atoms with Crippen LogP contribution in [0, 0.1) is 5.82 Å². The van der Waals surface area contributed by atoms with Crippen LogP contribution in [0.15, 0.2) is 24.3 Å². The Bertz CT molecular complexity index is 560. The molecule has 21 heavy (non-hydrogen) atoms. The molecule has 0 saturated heterocycles. The van der Waals surface area contributed by atoms with E-state index >= 15 is 0 Å². The van der Waals surface area contributed by atoms with E-state index in [1.54, 1.807) is 6.07 Å². The molecular weight excluding hydrogens is 273 g/mol. The average molecular weight is 291 g/mol. The molecule has 2 aliphatic rings. The van der Waals surface area contributed by atoms with E-state index in [2.05, 4.69) is 16.0 Å². The van der Waals surface area contributed by atoms with Crippen LogP contribution in [-0.2, 0) is 4.79 Å². The van der Waals surface area contributed by atoms with Gasteiger partial charge in [0.15, 0.2) is 0 Å². The molecule has 6 heteroatoms. The minimum atomic E-state index is -0.301. The molecule has 0 aliphatic heterocycles. The van der Waals surface area contributed by atoms with Crippen molar-refractivity contribution in [2.45, 2.75) is 37.3 Å². The third-order valence-electron chi connectivity index (χ3n) is 3.74. The fourth-order valence-electron chi connectivity index (χ4n) is 2.34. The van der Waals surface area contributed by atoms with Crippen molar-refractivity contribution < 1.29 is 14.0 Å². The second-order valence-electron chi connectivity index (χ2n) is 5.67. The molecule has 0 bridgehead atoms. The van der Waals surface area contributed by atoms with E-state index in [9.17, 15) is 14.0 Å². The summed E-state index contributed by atoms with van der Waals surface area (Å²) in [5.41, 5.74) is 0.903. The van der Waals surface area contributed by atoms with Gasteiger partial charge in [0, 0.05) is 18.0 Å². The smallest absolute Gasteiger partial charge is 0.315 e. The van der Waals surface area contributed by atoms with Gasteiger partial charge >= 0.3 is 6.03 Å². The topological polar surface area (TPSA) is 70.2 Å². The molecule has 1 aromatic rings. The largest absolute Gasteiger partial charge is 0.351 e. The third kappa shape index (κ3) is 3.93. The van der Waals surface area contributed by atoms with Gasteiger partial charge in [-0.15, -0.1) is 0 Å². The van der Waals surface area contributed by atoms with Crippen LogP contribution in [0.2, 0.25) is 0 Å². The van der Waals surface area contributed by atoms with Crippen molar-refractivity contribution >= 4 is 11.9 Å². The van der Waals surface area contributed by atoms with Crippen molar-refractivity contribution in [3.8, 4) is 0 Å². The molecule has 1 aromatic carbocycles. The molecule has 3 N–H and O–H groups in total. The molecule has 3 amide bonds. The molecule has 0 spiro atoms. The summed E-state index contributed by atoms with van der Waals surface area (Å²) in [4.78, 5) is 23.1. The first-order valence-corrected chi connectivity index (χ1v) is 7.21. The first-order chi connectivity index (χ1) is 10.1. The quantitative estimate of drug-likeness (QED) is 0.764. The van der Waals surface area contributed by atoms with Crippen LogP contribution in [-0.4, -0.2) is 30.6 Å². The Morgan fingerprint density at radius 1 is 1.24 bits per heavy atom. The number of amides is 3. The number of urea groups is 1. The Balaban J connectivity index is 1.39. The highest BCUT2D eigenvalue weighted by Gasteiger charge is 2.39. The second-order valence-corrected chi connectivity index (χ2v) is 5.67. The summed E-state index contributed by atoms with van der Waals surface area (Å²) in [7, 11) is 0.